The van der Waals surface area contributed by atoms with Crippen molar-refractivity contribution in [1.29, 1.82) is 0 Å². The molecule has 0 unspecified atom stereocenters. The summed E-state index contributed by atoms with van der Waals surface area (Å²) in [5.41, 5.74) is 5.52. The lowest BCUT2D eigenvalue weighted by molar-refractivity contribution is 1.43. The summed E-state index contributed by atoms with van der Waals surface area (Å²) in [5, 5.41) is 6.14. The Morgan fingerprint density at radius 1 is 0.519 bits per heavy atom. The van der Waals surface area contributed by atoms with Gasteiger partial charge in [0.2, 0.25) is 0 Å². The highest BCUT2D eigenvalue weighted by molar-refractivity contribution is 6.19. The zero-order valence-corrected chi connectivity index (χ0v) is 14.6. The summed E-state index contributed by atoms with van der Waals surface area (Å²) in [5.74, 6) is 0. The van der Waals surface area contributed by atoms with E-state index in [1.807, 2.05) is 6.07 Å². The number of nitrogens with one attached hydrogen (secondary N) is 1. The number of aromatic nitrogens is 2. The molecule has 0 saturated carbocycles. The molecule has 6 aromatic rings. The summed E-state index contributed by atoms with van der Waals surface area (Å²) in [6, 6.07) is 31.9. The number of hydrogen-bond acceptors (Lipinski definition) is 1. The van der Waals surface area contributed by atoms with Gasteiger partial charge in [-0.2, -0.15) is 0 Å². The van der Waals surface area contributed by atoms with Crippen LogP contribution in [0.1, 0.15) is 0 Å². The van der Waals surface area contributed by atoms with Crippen molar-refractivity contribution >= 4 is 43.5 Å². The maximum atomic E-state index is 5.02. The lowest BCUT2D eigenvalue weighted by Crippen LogP contribution is -1.89. The quantitative estimate of drug-likeness (QED) is 0.331. The van der Waals surface area contributed by atoms with Gasteiger partial charge >= 0.3 is 0 Å². The van der Waals surface area contributed by atoms with E-state index in [4.69, 9.17) is 4.98 Å². The zero-order valence-electron chi connectivity index (χ0n) is 14.6. The molecule has 0 aliphatic rings. The first-order valence-corrected chi connectivity index (χ1v) is 9.17. The van der Waals surface area contributed by atoms with Crippen LogP contribution in [0.25, 0.3) is 54.7 Å². The molecule has 0 amide bonds. The number of hydrogen-bond donors (Lipinski definition) is 1. The molecule has 27 heavy (non-hydrogen) atoms. The highest BCUT2D eigenvalue weighted by Crippen LogP contribution is 2.37. The molecule has 0 atom stereocenters. The molecular formula is C25H16N2. The fraction of sp³-hybridized carbons (Fsp3) is 0. The van der Waals surface area contributed by atoms with Gasteiger partial charge in [0.1, 0.15) is 0 Å². The first-order chi connectivity index (χ1) is 13.4. The van der Waals surface area contributed by atoms with Crippen molar-refractivity contribution in [2.75, 3.05) is 0 Å². The van der Waals surface area contributed by atoms with Crippen molar-refractivity contribution in [3.05, 3.63) is 91.0 Å². The Labute approximate surface area is 156 Å². The van der Waals surface area contributed by atoms with Crippen molar-refractivity contribution in [3.63, 3.8) is 0 Å². The average Bonchev–Trinajstić information content (AvgIpc) is 3.10. The molecule has 0 aliphatic heterocycles. The summed E-state index contributed by atoms with van der Waals surface area (Å²) in [6.07, 6.45) is 0. The standard InChI is InChI=1S/C25H16N2/c1-2-8-16(9-3-1)25-21-15-24-20(18-11-5-6-12-22(18)26-24)14-19(21)17-10-4-7-13-23(17)27-25/h1-15,26H. The first-order valence-electron chi connectivity index (χ1n) is 9.17. The molecule has 0 spiro atoms. The second-order valence-corrected chi connectivity index (χ2v) is 6.96. The molecule has 0 radical (unpaired) electrons. The molecule has 2 heteroatoms. The molecule has 2 heterocycles. The summed E-state index contributed by atoms with van der Waals surface area (Å²) in [4.78, 5) is 8.59. The topological polar surface area (TPSA) is 28.7 Å². The molecule has 0 aliphatic carbocycles. The van der Waals surface area contributed by atoms with Crippen molar-refractivity contribution in [1.82, 2.24) is 9.97 Å². The molecule has 2 nitrogen and oxygen atoms in total. The number of para-hydroxylation sites is 2. The minimum absolute atomic E-state index is 1.03. The van der Waals surface area contributed by atoms with E-state index in [2.05, 4.69) is 89.9 Å². The summed E-state index contributed by atoms with van der Waals surface area (Å²) in [7, 11) is 0. The van der Waals surface area contributed by atoms with E-state index in [1.54, 1.807) is 0 Å². The number of fused-ring (bicyclic) bond motifs is 6. The van der Waals surface area contributed by atoms with Gasteiger partial charge in [-0.1, -0.05) is 66.7 Å². The normalized spacial score (nSPS) is 11.7. The Hall–Kier alpha value is -3.65. The predicted molar refractivity (Wildman–Crippen MR) is 114 cm³/mol. The van der Waals surface area contributed by atoms with Gasteiger partial charge in [-0.3, -0.25) is 0 Å². The molecule has 2 aromatic heterocycles. The van der Waals surface area contributed by atoms with Crippen molar-refractivity contribution in [2.45, 2.75) is 0 Å². The zero-order chi connectivity index (χ0) is 17.8. The van der Waals surface area contributed by atoms with E-state index in [9.17, 15) is 0 Å². The highest BCUT2D eigenvalue weighted by Gasteiger charge is 2.13. The Morgan fingerprint density at radius 3 is 2.15 bits per heavy atom. The molecule has 6 rings (SSSR count). The lowest BCUT2D eigenvalue weighted by Gasteiger charge is -2.10. The third kappa shape index (κ3) is 2.10. The van der Waals surface area contributed by atoms with Crippen molar-refractivity contribution in [2.24, 2.45) is 0 Å². The molecule has 1 N–H and O–H groups in total. The number of aromatic amines is 1. The van der Waals surface area contributed by atoms with Crippen molar-refractivity contribution in [3.8, 4) is 11.3 Å². The number of pyridine rings is 1. The largest absolute Gasteiger partial charge is 0.354 e. The van der Waals surface area contributed by atoms with Crippen LogP contribution in [-0.4, -0.2) is 9.97 Å². The lowest BCUT2D eigenvalue weighted by atomic mass is 9.98. The number of benzene rings is 4. The van der Waals surface area contributed by atoms with Gasteiger partial charge < -0.3 is 4.98 Å². The monoisotopic (exact) mass is 344 g/mol. The fourth-order valence-electron chi connectivity index (χ4n) is 4.11. The SMILES string of the molecule is c1ccc(-c2nc3ccccc3c3cc4c(cc23)[nH]c2ccccc24)cc1. The van der Waals surface area contributed by atoms with E-state index in [1.165, 1.54) is 32.4 Å². The molecular weight excluding hydrogens is 328 g/mol. The Morgan fingerprint density at radius 2 is 1.26 bits per heavy atom. The maximum Gasteiger partial charge on any atom is 0.0788 e. The van der Waals surface area contributed by atoms with Crippen LogP contribution in [0.5, 0.6) is 0 Å². The number of H-pyrrole nitrogens is 1. The maximum absolute atomic E-state index is 5.02. The highest BCUT2D eigenvalue weighted by atomic mass is 14.7. The van der Waals surface area contributed by atoms with Gasteiger partial charge in [0, 0.05) is 38.1 Å². The van der Waals surface area contributed by atoms with Crippen LogP contribution in [0.15, 0.2) is 91.0 Å². The van der Waals surface area contributed by atoms with E-state index in [0.29, 0.717) is 0 Å². The van der Waals surface area contributed by atoms with Gasteiger partial charge in [0.25, 0.3) is 0 Å². The van der Waals surface area contributed by atoms with Gasteiger partial charge in [0.15, 0.2) is 0 Å². The van der Waals surface area contributed by atoms with Crippen LogP contribution in [-0.2, 0) is 0 Å². The van der Waals surface area contributed by atoms with Gasteiger partial charge in [-0.25, -0.2) is 4.98 Å². The van der Waals surface area contributed by atoms with Gasteiger partial charge in [-0.15, -0.1) is 0 Å². The second kappa shape index (κ2) is 5.42. The predicted octanol–water partition coefficient (Wildman–Crippen LogP) is 6.69. The first kappa shape index (κ1) is 14.5. The molecule has 126 valence electrons. The summed E-state index contributed by atoms with van der Waals surface area (Å²) in [6.45, 7) is 0. The van der Waals surface area contributed by atoms with Crippen molar-refractivity contribution < 1.29 is 0 Å². The minimum atomic E-state index is 1.03. The van der Waals surface area contributed by atoms with Crippen LogP contribution in [0.2, 0.25) is 0 Å². The van der Waals surface area contributed by atoms with Crippen LogP contribution < -0.4 is 0 Å². The summed E-state index contributed by atoms with van der Waals surface area (Å²) < 4.78 is 0. The molecule has 0 bridgehead atoms. The van der Waals surface area contributed by atoms with Crippen LogP contribution >= 0.6 is 0 Å². The summed E-state index contributed by atoms with van der Waals surface area (Å²) >= 11 is 0. The van der Waals surface area contributed by atoms with E-state index in [0.717, 1.165) is 22.3 Å². The minimum Gasteiger partial charge on any atom is -0.354 e. The number of nitrogens with zero attached hydrogens (tertiary/aromatic N) is 1. The smallest absolute Gasteiger partial charge is 0.0788 e. The Bertz CT molecular complexity index is 1460. The average molecular weight is 344 g/mol. The number of rotatable bonds is 1. The Kier molecular flexibility index (Phi) is 2.91. The van der Waals surface area contributed by atoms with Crippen LogP contribution in [0, 0.1) is 0 Å². The van der Waals surface area contributed by atoms with E-state index in [-0.39, 0.29) is 0 Å². The van der Waals surface area contributed by atoms with Crippen LogP contribution in [0.4, 0.5) is 0 Å². The third-order valence-corrected chi connectivity index (χ3v) is 5.37. The van der Waals surface area contributed by atoms with Gasteiger partial charge in [-0.05, 0) is 29.7 Å². The van der Waals surface area contributed by atoms with E-state index >= 15 is 0 Å². The van der Waals surface area contributed by atoms with Gasteiger partial charge in [0.05, 0.1) is 11.2 Å². The Balaban J connectivity index is 1.85. The third-order valence-electron chi connectivity index (χ3n) is 5.37. The van der Waals surface area contributed by atoms with E-state index < -0.39 is 0 Å². The fourth-order valence-corrected chi connectivity index (χ4v) is 4.11. The molecule has 0 fully saturated rings. The molecule has 4 aromatic carbocycles. The van der Waals surface area contributed by atoms with Crippen LogP contribution in [0.3, 0.4) is 0 Å². The molecule has 0 saturated heterocycles. The second-order valence-electron chi connectivity index (χ2n) is 6.96.